The Morgan fingerprint density at radius 1 is 1.77 bits per heavy atom. The van der Waals surface area contributed by atoms with Gasteiger partial charge in [-0.1, -0.05) is 12.2 Å². The lowest BCUT2D eigenvalue weighted by molar-refractivity contribution is -0.124. The highest BCUT2D eigenvalue weighted by Crippen LogP contribution is 2.16. The van der Waals surface area contributed by atoms with Gasteiger partial charge in [0.05, 0.1) is 12.0 Å². The molecule has 0 aliphatic heterocycles. The van der Waals surface area contributed by atoms with Crippen LogP contribution in [0, 0.1) is 17.2 Å². The smallest absolute Gasteiger partial charge is 0.227 e. The molecule has 0 spiro atoms. The monoisotopic (exact) mass is 178 g/mol. The average Bonchev–Trinajstić information content (AvgIpc) is 2.19. The lowest BCUT2D eigenvalue weighted by Crippen LogP contribution is -2.36. The summed E-state index contributed by atoms with van der Waals surface area (Å²) in [5, 5.41) is 11.1. The van der Waals surface area contributed by atoms with Crippen molar-refractivity contribution in [1.29, 1.82) is 5.26 Å². The van der Waals surface area contributed by atoms with E-state index in [0.717, 1.165) is 19.3 Å². The van der Waals surface area contributed by atoms with Crippen LogP contribution >= 0.6 is 0 Å². The zero-order valence-corrected chi connectivity index (χ0v) is 7.79. The third-order valence-corrected chi connectivity index (χ3v) is 2.14. The highest BCUT2D eigenvalue weighted by molar-refractivity contribution is 5.81. The lowest BCUT2D eigenvalue weighted by Gasteiger charge is -2.16. The van der Waals surface area contributed by atoms with Crippen molar-refractivity contribution in [3.05, 3.63) is 12.2 Å². The highest BCUT2D eigenvalue weighted by atomic mass is 16.1. The van der Waals surface area contributed by atoms with Crippen molar-refractivity contribution in [3.8, 4) is 6.07 Å². The van der Waals surface area contributed by atoms with Gasteiger partial charge >= 0.3 is 0 Å². The molecule has 3 nitrogen and oxygen atoms in total. The molecule has 0 radical (unpaired) electrons. The number of nitriles is 1. The number of nitrogens with zero attached hydrogens (tertiary/aromatic N) is 1. The fourth-order valence-corrected chi connectivity index (χ4v) is 1.38. The van der Waals surface area contributed by atoms with Crippen LogP contribution in [0.4, 0.5) is 0 Å². The fourth-order valence-electron chi connectivity index (χ4n) is 1.38. The summed E-state index contributed by atoms with van der Waals surface area (Å²) in [6, 6.07) is 1.59. The minimum atomic E-state index is -0.386. The van der Waals surface area contributed by atoms with Gasteiger partial charge in [0.25, 0.3) is 0 Å². The Bertz CT molecular complexity index is 252. The molecule has 1 aliphatic rings. The van der Waals surface area contributed by atoms with Gasteiger partial charge in [-0.3, -0.25) is 4.79 Å². The molecular weight excluding hydrogens is 164 g/mol. The third kappa shape index (κ3) is 2.90. The first kappa shape index (κ1) is 9.79. The van der Waals surface area contributed by atoms with Crippen LogP contribution in [0.15, 0.2) is 12.2 Å². The normalized spacial score (nSPS) is 23.2. The van der Waals surface area contributed by atoms with E-state index in [4.69, 9.17) is 5.26 Å². The summed E-state index contributed by atoms with van der Waals surface area (Å²) in [6.45, 7) is 1.68. The molecule has 1 N–H and O–H groups in total. The Hall–Kier alpha value is -1.30. The molecule has 0 bridgehead atoms. The SMILES string of the molecule is C[C@H](C#N)NC(=O)C1C=CCCC1. The maximum absolute atomic E-state index is 11.5. The van der Waals surface area contributed by atoms with Crippen molar-refractivity contribution < 1.29 is 4.79 Å². The minimum Gasteiger partial charge on any atom is -0.340 e. The van der Waals surface area contributed by atoms with Crippen LogP contribution in [0.5, 0.6) is 0 Å². The standard InChI is InChI=1S/C10H14N2O/c1-8(7-11)12-10(13)9-5-3-2-4-6-9/h3,5,8-9H,2,4,6H2,1H3,(H,12,13)/t8-,9?/m1/s1. The van der Waals surface area contributed by atoms with Gasteiger partial charge in [-0.05, 0) is 26.2 Å². The van der Waals surface area contributed by atoms with E-state index in [1.807, 2.05) is 18.2 Å². The molecule has 0 saturated heterocycles. The summed E-state index contributed by atoms with van der Waals surface area (Å²) < 4.78 is 0. The molecule has 1 amide bonds. The first-order valence-electron chi connectivity index (χ1n) is 4.60. The van der Waals surface area contributed by atoms with E-state index in [1.165, 1.54) is 0 Å². The molecule has 0 saturated carbocycles. The molecule has 0 fully saturated rings. The van der Waals surface area contributed by atoms with Gasteiger partial charge in [-0.2, -0.15) is 5.26 Å². The first-order chi connectivity index (χ1) is 6.24. The molecule has 3 heteroatoms. The second-order valence-corrected chi connectivity index (χ2v) is 3.32. The van der Waals surface area contributed by atoms with Gasteiger partial charge in [0.2, 0.25) is 5.91 Å². The van der Waals surface area contributed by atoms with Gasteiger partial charge in [0.15, 0.2) is 0 Å². The number of rotatable bonds is 2. The van der Waals surface area contributed by atoms with Crippen molar-refractivity contribution in [3.63, 3.8) is 0 Å². The molecular formula is C10H14N2O. The first-order valence-corrected chi connectivity index (χ1v) is 4.60. The summed E-state index contributed by atoms with van der Waals surface area (Å²) in [5.74, 6) is -0.0467. The Morgan fingerprint density at radius 2 is 2.54 bits per heavy atom. The van der Waals surface area contributed by atoms with Crippen LogP contribution < -0.4 is 5.32 Å². The van der Waals surface area contributed by atoms with Crippen molar-refractivity contribution in [2.24, 2.45) is 5.92 Å². The number of hydrogen-bond donors (Lipinski definition) is 1. The van der Waals surface area contributed by atoms with Gasteiger partial charge < -0.3 is 5.32 Å². The largest absolute Gasteiger partial charge is 0.340 e. The van der Waals surface area contributed by atoms with Crippen molar-refractivity contribution >= 4 is 5.91 Å². The molecule has 0 aromatic heterocycles. The minimum absolute atomic E-state index is 0.0231. The maximum atomic E-state index is 11.5. The van der Waals surface area contributed by atoms with Gasteiger partial charge in [-0.25, -0.2) is 0 Å². The molecule has 70 valence electrons. The van der Waals surface area contributed by atoms with Crippen molar-refractivity contribution in [2.45, 2.75) is 32.2 Å². The zero-order chi connectivity index (χ0) is 9.68. The Morgan fingerprint density at radius 3 is 3.08 bits per heavy atom. The van der Waals surface area contributed by atoms with Crippen molar-refractivity contribution in [1.82, 2.24) is 5.32 Å². The van der Waals surface area contributed by atoms with E-state index < -0.39 is 0 Å². The predicted molar refractivity (Wildman–Crippen MR) is 49.7 cm³/mol. The number of hydrogen-bond acceptors (Lipinski definition) is 2. The van der Waals surface area contributed by atoms with E-state index >= 15 is 0 Å². The van der Waals surface area contributed by atoms with Crippen LogP contribution in [0.2, 0.25) is 0 Å². The number of allylic oxidation sites excluding steroid dienone is 1. The Labute approximate surface area is 78.4 Å². The molecule has 1 aliphatic carbocycles. The van der Waals surface area contributed by atoms with Crippen LogP contribution in [0.25, 0.3) is 0 Å². The second kappa shape index (κ2) is 4.66. The topological polar surface area (TPSA) is 52.9 Å². The number of carbonyl (C=O) groups excluding carboxylic acids is 1. The summed E-state index contributed by atoms with van der Waals surface area (Å²) in [5.41, 5.74) is 0. The quantitative estimate of drug-likeness (QED) is 0.649. The highest BCUT2D eigenvalue weighted by Gasteiger charge is 2.18. The molecule has 1 unspecified atom stereocenters. The van der Waals surface area contributed by atoms with Crippen molar-refractivity contribution in [2.75, 3.05) is 0 Å². The van der Waals surface area contributed by atoms with E-state index in [2.05, 4.69) is 5.32 Å². The Kier molecular flexibility index (Phi) is 3.51. The molecule has 0 heterocycles. The molecule has 13 heavy (non-hydrogen) atoms. The van der Waals surface area contributed by atoms with Gasteiger partial charge in [-0.15, -0.1) is 0 Å². The summed E-state index contributed by atoms with van der Waals surface area (Å²) in [4.78, 5) is 11.5. The van der Waals surface area contributed by atoms with Crippen LogP contribution in [0.3, 0.4) is 0 Å². The number of nitrogens with one attached hydrogen (secondary N) is 1. The van der Waals surface area contributed by atoms with E-state index in [-0.39, 0.29) is 17.9 Å². The molecule has 0 aromatic carbocycles. The second-order valence-electron chi connectivity index (χ2n) is 3.32. The maximum Gasteiger partial charge on any atom is 0.227 e. The Balaban J connectivity index is 2.43. The molecule has 1 rings (SSSR count). The van der Waals surface area contributed by atoms with E-state index in [1.54, 1.807) is 6.92 Å². The average molecular weight is 178 g/mol. The molecule has 2 atom stereocenters. The van der Waals surface area contributed by atoms with Gasteiger partial charge in [0.1, 0.15) is 6.04 Å². The predicted octanol–water partition coefficient (Wildman–Crippen LogP) is 1.37. The summed E-state index contributed by atoms with van der Waals surface area (Å²) >= 11 is 0. The zero-order valence-electron chi connectivity index (χ0n) is 7.79. The van der Waals surface area contributed by atoms with Crippen LogP contribution in [0.1, 0.15) is 26.2 Å². The third-order valence-electron chi connectivity index (χ3n) is 2.14. The van der Waals surface area contributed by atoms with Crippen LogP contribution in [-0.2, 0) is 4.79 Å². The number of amides is 1. The number of carbonyl (C=O) groups is 1. The van der Waals surface area contributed by atoms with E-state index in [9.17, 15) is 4.79 Å². The lowest BCUT2D eigenvalue weighted by atomic mass is 9.95. The molecule has 0 aromatic rings. The van der Waals surface area contributed by atoms with Crippen LogP contribution in [-0.4, -0.2) is 11.9 Å². The van der Waals surface area contributed by atoms with Gasteiger partial charge in [0, 0.05) is 0 Å². The summed E-state index contributed by atoms with van der Waals surface area (Å²) in [6.07, 6.45) is 7.00. The fraction of sp³-hybridized carbons (Fsp3) is 0.600. The summed E-state index contributed by atoms with van der Waals surface area (Å²) in [7, 11) is 0. The van der Waals surface area contributed by atoms with E-state index in [0.29, 0.717) is 0 Å².